The summed E-state index contributed by atoms with van der Waals surface area (Å²) in [4.78, 5) is 12.5. The lowest BCUT2D eigenvalue weighted by Gasteiger charge is -2.10. The van der Waals surface area contributed by atoms with Crippen LogP contribution in [0.1, 0.15) is 16.2 Å². The van der Waals surface area contributed by atoms with Crippen molar-refractivity contribution < 1.29 is 17.6 Å². The van der Waals surface area contributed by atoms with Crippen molar-refractivity contribution in [1.29, 1.82) is 0 Å². The molecule has 0 fully saturated rings. The van der Waals surface area contributed by atoms with Gasteiger partial charge in [0, 0.05) is 11.3 Å². The lowest BCUT2D eigenvalue weighted by molar-refractivity contribution is 0.102. The molecule has 0 radical (unpaired) electrons. The van der Waals surface area contributed by atoms with Gasteiger partial charge in [0.2, 0.25) is 10.0 Å². The number of amides is 1. The van der Waals surface area contributed by atoms with Crippen molar-refractivity contribution >= 4 is 21.6 Å². The fourth-order valence-corrected chi connectivity index (χ4v) is 3.41. The number of anilines is 1. The van der Waals surface area contributed by atoms with Crippen molar-refractivity contribution in [2.24, 2.45) is 0 Å². The topological polar surface area (TPSA) is 119 Å². The molecule has 0 saturated carbocycles. The normalized spacial score (nSPS) is 11.1. The Balaban J connectivity index is 1.86. The van der Waals surface area contributed by atoms with Crippen LogP contribution < -0.4 is 10.0 Å². The van der Waals surface area contributed by atoms with Crippen LogP contribution >= 0.6 is 0 Å². The summed E-state index contributed by atoms with van der Waals surface area (Å²) in [5.41, 5.74) is 0.429. The minimum Gasteiger partial charge on any atom is -0.322 e. The van der Waals surface area contributed by atoms with Gasteiger partial charge in [0.25, 0.3) is 5.91 Å². The summed E-state index contributed by atoms with van der Waals surface area (Å²) in [6.07, 6.45) is 5.06. The van der Waals surface area contributed by atoms with Crippen LogP contribution in [0.2, 0.25) is 0 Å². The fourth-order valence-electron chi connectivity index (χ4n) is 2.43. The average molecular weight is 414 g/mol. The molecular weight excluding hydrogens is 399 g/mol. The molecule has 3 aromatic rings. The molecule has 3 rings (SSSR count). The van der Waals surface area contributed by atoms with Gasteiger partial charge >= 0.3 is 0 Å². The molecule has 29 heavy (non-hydrogen) atoms. The number of hydrogen-bond acceptors (Lipinski definition) is 6. The van der Waals surface area contributed by atoms with Gasteiger partial charge in [-0.1, -0.05) is 12.0 Å². The third kappa shape index (κ3) is 4.45. The zero-order valence-corrected chi connectivity index (χ0v) is 15.9. The first-order valence-corrected chi connectivity index (χ1v) is 9.69. The maximum absolute atomic E-state index is 14.1. The number of hydrogen-bond donors (Lipinski definition) is 2. The molecule has 0 aliphatic heterocycles. The summed E-state index contributed by atoms with van der Waals surface area (Å²) in [7, 11) is -3.85. The first-order chi connectivity index (χ1) is 13.8. The van der Waals surface area contributed by atoms with Crippen molar-refractivity contribution in [3.8, 4) is 18.0 Å². The molecule has 11 heteroatoms. The molecule has 0 unspecified atom stereocenters. The smallest absolute Gasteiger partial charge is 0.255 e. The van der Waals surface area contributed by atoms with Crippen LogP contribution in [0.5, 0.6) is 0 Å². The number of benzene rings is 2. The van der Waals surface area contributed by atoms with E-state index in [0.717, 1.165) is 6.07 Å². The number of sulfonamides is 1. The van der Waals surface area contributed by atoms with Crippen molar-refractivity contribution in [2.75, 3.05) is 11.9 Å². The summed E-state index contributed by atoms with van der Waals surface area (Å²) < 4.78 is 41.9. The highest BCUT2D eigenvalue weighted by molar-refractivity contribution is 7.89. The number of halogens is 1. The summed E-state index contributed by atoms with van der Waals surface area (Å²) in [6, 6.07) is 9.33. The Bertz CT molecular complexity index is 1220. The molecule has 148 valence electrons. The number of rotatable bonds is 6. The second-order valence-electron chi connectivity index (χ2n) is 5.81. The Morgan fingerprint density at radius 3 is 2.76 bits per heavy atom. The van der Waals surface area contributed by atoms with E-state index in [2.05, 4.69) is 31.5 Å². The SMILES string of the molecule is C#CCNS(=O)(=O)c1cccc(C(=O)Nc2ccc(F)c(-n3nnnc3C)c2)c1. The molecule has 0 spiro atoms. The molecule has 9 nitrogen and oxygen atoms in total. The summed E-state index contributed by atoms with van der Waals surface area (Å²) >= 11 is 0. The number of carbonyl (C=O) groups excluding carboxylic acids is 1. The Kier molecular flexibility index (Phi) is 5.67. The highest BCUT2D eigenvalue weighted by Crippen LogP contribution is 2.20. The van der Waals surface area contributed by atoms with Gasteiger partial charge in [0.15, 0.2) is 5.82 Å². The largest absolute Gasteiger partial charge is 0.322 e. The van der Waals surface area contributed by atoms with Crippen molar-refractivity contribution in [1.82, 2.24) is 24.9 Å². The van der Waals surface area contributed by atoms with Gasteiger partial charge in [-0.3, -0.25) is 4.79 Å². The molecule has 0 atom stereocenters. The van der Waals surface area contributed by atoms with Crippen molar-refractivity contribution in [2.45, 2.75) is 11.8 Å². The number of nitrogens with zero attached hydrogens (tertiary/aromatic N) is 4. The van der Waals surface area contributed by atoms with Crippen molar-refractivity contribution in [3.63, 3.8) is 0 Å². The van der Waals surface area contributed by atoms with Gasteiger partial charge in [0.1, 0.15) is 11.5 Å². The summed E-state index contributed by atoms with van der Waals surface area (Å²) in [6.45, 7) is 1.43. The van der Waals surface area contributed by atoms with E-state index in [1.165, 1.54) is 41.1 Å². The Labute approximate surface area is 166 Å². The number of terminal acetylenes is 1. The second-order valence-corrected chi connectivity index (χ2v) is 7.58. The number of nitrogens with one attached hydrogen (secondary N) is 2. The molecule has 2 N–H and O–H groups in total. The summed E-state index contributed by atoms with van der Waals surface area (Å²) in [5, 5.41) is 13.5. The standard InChI is InChI=1S/C18H15FN6O3S/c1-3-9-20-29(27,28)15-6-4-5-13(10-15)18(26)21-14-7-8-16(19)17(11-14)25-12(2)22-23-24-25/h1,4-8,10-11,20H,9H2,2H3,(H,21,26). The Hall–Kier alpha value is -3.62. The fraction of sp³-hybridized carbons (Fsp3) is 0.111. The molecule has 2 aromatic carbocycles. The van der Waals surface area contributed by atoms with E-state index in [1.54, 1.807) is 6.92 Å². The van der Waals surface area contributed by atoms with Gasteiger partial charge in [-0.15, -0.1) is 11.5 Å². The Morgan fingerprint density at radius 1 is 1.28 bits per heavy atom. The lowest BCUT2D eigenvalue weighted by Crippen LogP contribution is -2.24. The molecular formula is C18H15FN6O3S. The minimum absolute atomic E-state index is 0.0557. The van der Waals surface area contributed by atoms with E-state index in [1.807, 2.05) is 0 Å². The maximum atomic E-state index is 14.1. The first kappa shape index (κ1) is 20.1. The van der Waals surface area contributed by atoms with Crippen LogP contribution in [0.25, 0.3) is 5.69 Å². The highest BCUT2D eigenvalue weighted by Gasteiger charge is 2.17. The van der Waals surface area contributed by atoms with E-state index >= 15 is 0 Å². The van der Waals surface area contributed by atoms with E-state index in [0.29, 0.717) is 5.82 Å². The third-order valence-corrected chi connectivity index (χ3v) is 5.23. The zero-order chi connectivity index (χ0) is 21.0. The molecule has 0 bridgehead atoms. The number of carbonyl (C=O) groups is 1. The molecule has 0 aliphatic carbocycles. The minimum atomic E-state index is -3.85. The van der Waals surface area contributed by atoms with Crippen LogP contribution in [0.3, 0.4) is 0 Å². The van der Waals surface area contributed by atoms with Crippen LogP contribution in [-0.4, -0.2) is 41.1 Å². The first-order valence-electron chi connectivity index (χ1n) is 8.21. The number of aryl methyl sites for hydroxylation is 1. The molecule has 1 aromatic heterocycles. The number of aromatic nitrogens is 4. The predicted molar refractivity (Wildman–Crippen MR) is 102 cm³/mol. The van der Waals surface area contributed by atoms with Crippen LogP contribution in [0.4, 0.5) is 10.1 Å². The van der Waals surface area contributed by atoms with Gasteiger partial charge in [-0.25, -0.2) is 12.8 Å². The predicted octanol–water partition coefficient (Wildman–Crippen LogP) is 1.27. The number of tetrazole rings is 1. The van der Waals surface area contributed by atoms with Gasteiger partial charge in [0.05, 0.1) is 11.4 Å². The Morgan fingerprint density at radius 2 is 2.07 bits per heavy atom. The van der Waals surface area contributed by atoms with Gasteiger partial charge in [-0.2, -0.15) is 9.40 Å². The molecule has 0 aliphatic rings. The van der Waals surface area contributed by atoms with Crippen LogP contribution in [0, 0.1) is 25.1 Å². The van der Waals surface area contributed by atoms with Gasteiger partial charge < -0.3 is 5.32 Å². The van der Waals surface area contributed by atoms with E-state index in [4.69, 9.17) is 6.42 Å². The second kappa shape index (κ2) is 8.17. The van der Waals surface area contributed by atoms with E-state index in [-0.39, 0.29) is 28.4 Å². The van der Waals surface area contributed by atoms with Crippen molar-refractivity contribution in [3.05, 3.63) is 59.7 Å². The molecule has 1 heterocycles. The maximum Gasteiger partial charge on any atom is 0.255 e. The van der Waals surface area contributed by atoms with E-state index in [9.17, 15) is 17.6 Å². The molecule has 1 amide bonds. The molecule has 0 saturated heterocycles. The third-order valence-electron chi connectivity index (χ3n) is 3.83. The van der Waals surface area contributed by atoms with Crippen LogP contribution in [0.15, 0.2) is 47.4 Å². The monoisotopic (exact) mass is 414 g/mol. The quantitative estimate of drug-likeness (QED) is 0.587. The zero-order valence-electron chi connectivity index (χ0n) is 15.1. The highest BCUT2D eigenvalue weighted by atomic mass is 32.2. The van der Waals surface area contributed by atoms with Crippen LogP contribution in [-0.2, 0) is 10.0 Å². The lowest BCUT2D eigenvalue weighted by atomic mass is 10.2. The average Bonchev–Trinajstić information content (AvgIpc) is 3.13. The van der Waals surface area contributed by atoms with Gasteiger partial charge in [-0.05, 0) is 53.7 Å². The van der Waals surface area contributed by atoms with E-state index < -0.39 is 21.7 Å². The summed E-state index contributed by atoms with van der Waals surface area (Å²) in [5.74, 6) is 1.38.